The Morgan fingerprint density at radius 1 is 1.10 bits per heavy atom. The number of fused-ring (bicyclic) bond motifs is 2. The van der Waals surface area contributed by atoms with E-state index in [1.807, 2.05) is 6.07 Å². The largest absolute Gasteiger partial charge is 0.493 e. The molecule has 2 aromatic carbocycles. The first kappa shape index (κ1) is 26.7. The van der Waals surface area contributed by atoms with Crippen molar-refractivity contribution >= 4 is 50.4 Å². The number of ether oxygens (including phenoxy) is 4. The summed E-state index contributed by atoms with van der Waals surface area (Å²) in [5.74, 6) is 0.0659. The molecule has 0 radical (unpaired) electrons. The normalized spacial score (nSPS) is 17.2. The van der Waals surface area contributed by atoms with Gasteiger partial charge in [-0.1, -0.05) is 27.3 Å². The van der Waals surface area contributed by atoms with E-state index in [4.69, 9.17) is 18.9 Å². The molecular weight excluding hydrogens is 590 g/mol. The summed E-state index contributed by atoms with van der Waals surface area (Å²) in [7, 11) is 4.45. The summed E-state index contributed by atoms with van der Waals surface area (Å²) >= 11 is 4.53. The van der Waals surface area contributed by atoms with Crippen LogP contribution in [0.15, 0.2) is 55.9 Å². The number of nitrogens with zero attached hydrogens (tertiary/aromatic N) is 2. The van der Waals surface area contributed by atoms with Gasteiger partial charge < -0.3 is 24.3 Å². The van der Waals surface area contributed by atoms with E-state index >= 15 is 0 Å². The third-order valence-electron chi connectivity index (χ3n) is 6.45. The molecule has 3 aromatic rings. The molecule has 0 saturated carbocycles. The second-order valence-corrected chi connectivity index (χ2v) is 10.5. The summed E-state index contributed by atoms with van der Waals surface area (Å²) in [6, 6.07) is 7.78. The van der Waals surface area contributed by atoms with Crippen molar-refractivity contribution in [3.8, 4) is 17.2 Å². The van der Waals surface area contributed by atoms with Gasteiger partial charge in [-0.2, -0.15) is 0 Å². The quantitative estimate of drug-likeness (QED) is 0.425. The third-order valence-corrected chi connectivity index (χ3v) is 8.00. The molecule has 1 amide bonds. The van der Waals surface area contributed by atoms with Crippen LogP contribution in [0.3, 0.4) is 0 Å². The van der Waals surface area contributed by atoms with Crippen molar-refractivity contribution in [1.29, 1.82) is 0 Å². The molecule has 10 nitrogen and oxygen atoms in total. The van der Waals surface area contributed by atoms with Gasteiger partial charge in [0.15, 0.2) is 16.3 Å². The summed E-state index contributed by atoms with van der Waals surface area (Å²) in [6.45, 7) is 3.53. The van der Waals surface area contributed by atoms with Crippen LogP contribution in [0.1, 0.15) is 31.0 Å². The van der Waals surface area contributed by atoms with Crippen molar-refractivity contribution in [2.75, 3.05) is 33.3 Å². The van der Waals surface area contributed by atoms with Gasteiger partial charge in [0.1, 0.15) is 4.53 Å². The average Bonchev–Trinajstić information content (AvgIpc) is 3.41. The Hall–Kier alpha value is -3.90. The molecule has 0 fully saturated rings. The first-order valence-corrected chi connectivity index (χ1v) is 13.5. The number of anilines is 1. The number of benzene rings is 2. The van der Waals surface area contributed by atoms with E-state index in [1.54, 1.807) is 38.1 Å². The number of methoxy groups -OCH3 is 3. The van der Waals surface area contributed by atoms with Crippen molar-refractivity contribution in [3.05, 3.63) is 76.9 Å². The minimum atomic E-state index is -0.935. The van der Waals surface area contributed by atoms with Gasteiger partial charge in [0.25, 0.3) is 11.5 Å². The molecule has 202 valence electrons. The van der Waals surface area contributed by atoms with Crippen LogP contribution in [0.5, 0.6) is 17.2 Å². The zero-order chi connectivity index (χ0) is 28.0. The first-order valence-electron chi connectivity index (χ1n) is 11.9. The predicted molar refractivity (Wildman–Crippen MR) is 148 cm³/mol. The Morgan fingerprint density at radius 3 is 2.41 bits per heavy atom. The molecule has 3 heterocycles. The Bertz CT molecular complexity index is 1730. The summed E-state index contributed by atoms with van der Waals surface area (Å²) in [6.07, 6.45) is 0. The van der Waals surface area contributed by atoms with E-state index in [-0.39, 0.29) is 28.2 Å². The van der Waals surface area contributed by atoms with E-state index in [0.717, 1.165) is 15.8 Å². The molecule has 0 bridgehead atoms. The molecule has 0 saturated heterocycles. The molecule has 1 N–H and O–H groups in total. The molecule has 0 spiro atoms. The lowest BCUT2D eigenvalue weighted by Crippen LogP contribution is -2.40. The third kappa shape index (κ3) is 4.33. The number of aromatic nitrogens is 1. The van der Waals surface area contributed by atoms with Crippen LogP contribution < -0.4 is 34.4 Å². The minimum absolute atomic E-state index is 0.137. The Kier molecular flexibility index (Phi) is 7.08. The molecule has 39 heavy (non-hydrogen) atoms. The fourth-order valence-electron chi connectivity index (χ4n) is 4.78. The molecule has 12 heteroatoms. The lowest BCUT2D eigenvalue weighted by Gasteiger charge is -2.26. The number of thiazole rings is 1. The molecule has 2 aliphatic heterocycles. The second kappa shape index (κ2) is 10.3. The molecule has 5 rings (SSSR count). The number of allylic oxidation sites excluding steroid dienone is 1. The summed E-state index contributed by atoms with van der Waals surface area (Å²) in [5.41, 5.74) is 2.08. The van der Waals surface area contributed by atoms with Gasteiger partial charge in [-0.3, -0.25) is 14.2 Å². The van der Waals surface area contributed by atoms with Crippen LogP contribution in [0.25, 0.3) is 5.57 Å². The van der Waals surface area contributed by atoms with E-state index in [0.29, 0.717) is 44.6 Å². The maximum atomic E-state index is 14.1. The van der Waals surface area contributed by atoms with Crippen LogP contribution in [0.4, 0.5) is 5.69 Å². The fourth-order valence-corrected chi connectivity index (χ4v) is 6.28. The monoisotopic (exact) mass is 613 g/mol. The van der Waals surface area contributed by atoms with Gasteiger partial charge in [0.05, 0.1) is 50.8 Å². The Balaban J connectivity index is 1.85. The summed E-state index contributed by atoms with van der Waals surface area (Å²) in [5, 5.41) is 2.82. The maximum Gasteiger partial charge on any atom is 0.338 e. The molecule has 1 atom stereocenters. The number of hydrogen-bond acceptors (Lipinski definition) is 9. The van der Waals surface area contributed by atoms with Gasteiger partial charge in [-0.05, 0) is 49.7 Å². The van der Waals surface area contributed by atoms with Gasteiger partial charge in [0, 0.05) is 15.7 Å². The highest BCUT2D eigenvalue weighted by molar-refractivity contribution is 9.10. The smallest absolute Gasteiger partial charge is 0.338 e. The van der Waals surface area contributed by atoms with E-state index in [9.17, 15) is 14.4 Å². The van der Waals surface area contributed by atoms with Crippen LogP contribution in [0.2, 0.25) is 0 Å². The SMILES string of the molecule is CCOC(=O)C1=C(C)N=c2s/c(=C3\C(=O)Nc4ccc(Br)cc43)c(=O)n2[C@H]1c1cc(OC)c(OC)c(OC)c1. The van der Waals surface area contributed by atoms with E-state index in [1.165, 1.54) is 25.9 Å². The Labute approximate surface area is 235 Å². The zero-order valence-corrected chi connectivity index (χ0v) is 24.1. The number of esters is 1. The lowest BCUT2D eigenvalue weighted by molar-refractivity contribution is -0.139. The van der Waals surface area contributed by atoms with Crippen molar-refractivity contribution in [2.24, 2.45) is 4.99 Å². The van der Waals surface area contributed by atoms with E-state index in [2.05, 4.69) is 26.2 Å². The number of hydrogen-bond donors (Lipinski definition) is 1. The van der Waals surface area contributed by atoms with Gasteiger partial charge in [-0.15, -0.1) is 0 Å². The van der Waals surface area contributed by atoms with E-state index < -0.39 is 17.6 Å². The molecule has 2 aliphatic rings. The number of amides is 1. The Morgan fingerprint density at radius 2 is 1.79 bits per heavy atom. The number of carbonyl (C=O) groups is 2. The molecular formula is C27H24BrN3O7S. The van der Waals surface area contributed by atoms with Crippen LogP contribution in [0, 0.1) is 0 Å². The minimum Gasteiger partial charge on any atom is -0.493 e. The average molecular weight is 614 g/mol. The van der Waals surface area contributed by atoms with Crippen molar-refractivity contribution in [3.63, 3.8) is 0 Å². The van der Waals surface area contributed by atoms with Crippen molar-refractivity contribution < 1.29 is 28.5 Å². The van der Waals surface area contributed by atoms with Crippen LogP contribution >= 0.6 is 27.3 Å². The number of halogens is 1. The van der Waals surface area contributed by atoms with Gasteiger partial charge in [0.2, 0.25) is 5.75 Å². The first-order chi connectivity index (χ1) is 18.7. The summed E-state index contributed by atoms with van der Waals surface area (Å²) < 4.78 is 24.3. The van der Waals surface area contributed by atoms with Crippen molar-refractivity contribution in [1.82, 2.24) is 4.57 Å². The maximum absolute atomic E-state index is 14.1. The van der Waals surface area contributed by atoms with Crippen molar-refractivity contribution in [2.45, 2.75) is 19.9 Å². The topological polar surface area (TPSA) is 117 Å². The second-order valence-electron chi connectivity index (χ2n) is 8.60. The lowest BCUT2D eigenvalue weighted by atomic mass is 9.95. The highest BCUT2D eigenvalue weighted by atomic mass is 79.9. The molecule has 0 aliphatic carbocycles. The predicted octanol–water partition coefficient (Wildman–Crippen LogP) is 2.91. The number of carbonyl (C=O) groups excluding carboxylic acids is 2. The number of nitrogens with one attached hydrogen (secondary N) is 1. The summed E-state index contributed by atoms with van der Waals surface area (Å²) in [4.78, 5) is 45.4. The van der Waals surface area contributed by atoms with Gasteiger partial charge >= 0.3 is 5.97 Å². The van der Waals surface area contributed by atoms with Gasteiger partial charge in [-0.25, -0.2) is 9.79 Å². The highest BCUT2D eigenvalue weighted by Gasteiger charge is 2.36. The standard InChI is InChI=1S/C27H24BrN3O7S/c1-6-38-26(34)19-12(2)29-27-31(21(19)13-9-17(35-3)22(37-5)18(10-13)36-4)25(33)23(39-27)20-15-11-14(28)7-8-16(15)30-24(20)32/h7-11,21H,6H2,1-5H3,(H,30,32)/b23-20-/t21-/m0/s1. The molecule has 0 unspecified atom stereocenters. The van der Waals surface area contributed by atoms with Crippen LogP contribution in [-0.4, -0.2) is 44.4 Å². The molecule has 1 aromatic heterocycles. The number of rotatable bonds is 6. The highest BCUT2D eigenvalue weighted by Crippen LogP contribution is 2.42. The zero-order valence-electron chi connectivity index (χ0n) is 21.7. The van der Waals surface area contributed by atoms with Crippen LogP contribution in [-0.2, 0) is 14.3 Å². The fraction of sp³-hybridized carbons (Fsp3) is 0.259.